The molecule has 3 heterocycles. The van der Waals surface area contributed by atoms with Gasteiger partial charge < -0.3 is 20.0 Å². The number of guanidine groups is 1. The van der Waals surface area contributed by atoms with Crippen LogP contribution in [0.1, 0.15) is 32.4 Å². The Morgan fingerprint density at radius 2 is 2.19 bits per heavy atom. The Hall–Kier alpha value is -2.51. The quantitative estimate of drug-likeness (QED) is 0.414. The fourth-order valence-electron chi connectivity index (χ4n) is 3.67. The van der Waals surface area contributed by atoms with Crippen LogP contribution in [0.2, 0.25) is 0 Å². The summed E-state index contributed by atoms with van der Waals surface area (Å²) in [5, 5.41) is 8.49. The summed E-state index contributed by atoms with van der Waals surface area (Å²) in [6.07, 6.45) is 4.09. The van der Waals surface area contributed by atoms with E-state index in [2.05, 4.69) is 20.9 Å². The maximum Gasteiger partial charge on any atom is 0.322 e. The third-order valence-electron chi connectivity index (χ3n) is 5.22. The predicted molar refractivity (Wildman–Crippen MR) is 97.8 cm³/mol. The Balaban J connectivity index is 1.57. The maximum absolute atomic E-state index is 12.1. The van der Waals surface area contributed by atoms with Gasteiger partial charge in [0.25, 0.3) is 5.91 Å². The van der Waals surface area contributed by atoms with Gasteiger partial charge in [0.2, 0.25) is 0 Å². The molecular formula is C18H27N5O3. The van der Waals surface area contributed by atoms with Gasteiger partial charge >= 0.3 is 6.03 Å². The van der Waals surface area contributed by atoms with Gasteiger partial charge in [-0.3, -0.25) is 15.1 Å². The average molecular weight is 361 g/mol. The highest BCUT2D eigenvalue weighted by molar-refractivity contribution is 6.07. The minimum absolute atomic E-state index is 0.121. The van der Waals surface area contributed by atoms with Gasteiger partial charge in [-0.1, -0.05) is 0 Å². The Morgan fingerprint density at radius 3 is 2.77 bits per heavy atom. The van der Waals surface area contributed by atoms with Gasteiger partial charge in [0.15, 0.2) is 5.96 Å². The van der Waals surface area contributed by atoms with Crippen LogP contribution in [0.5, 0.6) is 0 Å². The lowest BCUT2D eigenvalue weighted by atomic mass is 9.79. The molecule has 8 nitrogen and oxygen atoms in total. The van der Waals surface area contributed by atoms with E-state index in [9.17, 15) is 9.59 Å². The summed E-state index contributed by atoms with van der Waals surface area (Å²) in [5.74, 6) is 1.72. The molecule has 0 aliphatic carbocycles. The number of urea groups is 1. The number of aliphatic imine (C=N–C) groups is 1. The van der Waals surface area contributed by atoms with Crippen molar-refractivity contribution in [3.63, 3.8) is 0 Å². The summed E-state index contributed by atoms with van der Waals surface area (Å²) < 4.78 is 5.35. The molecule has 0 radical (unpaired) electrons. The highest BCUT2D eigenvalue weighted by atomic mass is 16.3. The zero-order valence-electron chi connectivity index (χ0n) is 15.4. The van der Waals surface area contributed by atoms with Crippen LogP contribution >= 0.6 is 0 Å². The molecular weight excluding hydrogens is 334 g/mol. The predicted octanol–water partition coefficient (Wildman–Crippen LogP) is 1.10. The minimum atomic E-state index is -0.808. The molecule has 0 spiro atoms. The van der Waals surface area contributed by atoms with Crippen LogP contribution in [0, 0.1) is 5.92 Å². The van der Waals surface area contributed by atoms with Crippen LogP contribution in [-0.2, 0) is 11.2 Å². The molecule has 1 aromatic heterocycles. The molecule has 0 aromatic carbocycles. The number of hydrogen-bond acceptors (Lipinski definition) is 4. The lowest BCUT2D eigenvalue weighted by Gasteiger charge is -2.39. The summed E-state index contributed by atoms with van der Waals surface area (Å²) >= 11 is 0. The molecule has 3 amide bonds. The smallest absolute Gasteiger partial charge is 0.322 e. The fourth-order valence-corrected chi connectivity index (χ4v) is 3.67. The largest absolute Gasteiger partial charge is 0.469 e. The third kappa shape index (κ3) is 3.84. The lowest BCUT2D eigenvalue weighted by Crippen LogP contribution is -2.55. The summed E-state index contributed by atoms with van der Waals surface area (Å²) in [5.41, 5.74) is -0.808. The fraction of sp³-hybridized carbons (Fsp3) is 0.611. The summed E-state index contributed by atoms with van der Waals surface area (Å²) in [6, 6.07) is 3.44. The van der Waals surface area contributed by atoms with Crippen molar-refractivity contribution in [1.82, 2.24) is 20.9 Å². The van der Waals surface area contributed by atoms with Crippen molar-refractivity contribution in [2.45, 2.75) is 38.6 Å². The number of piperidine rings is 1. The molecule has 1 atom stereocenters. The monoisotopic (exact) mass is 361 g/mol. The zero-order chi connectivity index (χ0) is 18.6. The summed E-state index contributed by atoms with van der Waals surface area (Å²) in [6.45, 7) is 6.93. The second-order valence-electron chi connectivity index (χ2n) is 6.94. The Labute approximate surface area is 153 Å². The van der Waals surface area contributed by atoms with E-state index in [0.29, 0.717) is 6.54 Å². The van der Waals surface area contributed by atoms with Crippen molar-refractivity contribution in [2.75, 3.05) is 26.2 Å². The number of nitrogens with one attached hydrogen (secondary N) is 3. The molecule has 0 saturated carbocycles. The number of imide groups is 1. The van der Waals surface area contributed by atoms with E-state index in [1.807, 2.05) is 26.0 Å². The summed E-state index contributed by atoms with van der Waals surface area (Å²) in [4.78, 5) is 30.5. The van der Waals surface area contributed by atoms with Crippen LogP contribution in [-0.4, -0.2) is 54.5 Å². The van der Waals surface area contributed by atoms with Crippen molar-refractivity contribution >= 4 is 17.9 Å². The van der Waals surface area contributed by atoms with E-state index in [1.165, 1.54) is 0 Å². The van der Waals surface area contributed by atoms with Crippen molar-refractivity contribution < 1.29 is 14.0 Å². The SMILES string of the molecule is CCNC(=NCCc1ccco1)N1CCC(C2(C)NC(=O)NC2=O)CC1. The minimum Gasteiger partial charge on any atom is -0.469 e. The maximum atomic E-state index is 12.1. The number of amides is 3. The van der Waals surface area contributed by atoms with E-state index in [-0.39, 0.29) is 11.8 Å². The first-order valence-electron chi connectivity index (χ1n) is 9.22. The molecule has 142 valence electrons. The van der Waals surface area contributed by atoms with Gasteiger partial charge in [0.05, 0.1) is 6.26 Å². The van der Waals surface area contributed by atoms with Crippen molar-refractivity contribution in [3.05, 3.63) is 24.2 Å². The topological polar surface area (TPSA) is 99.0 Å². The number of likely N-dealkylation sites (tertiary alicyclic amines) is 1. The lowest BCUT2D eigenvalue weighted by molar-refractivity contribution is -0.125. The van der Waals surface area contributed by atoms with Crippen LogP contribution in [0.4, 0.5) is 4.79 Å². The molecule has 0 bridgehead atoms. The molecule has 2 fully saturated rings. The Morgan fingerprint density at radius 1 is 1.42 bits per heavy atom. The molecule has 3 rings (SSSR count). The molecule has 3 N–H and O–H groups in total. The molecule has 1 unspecified atom stereocenters. The van der Waals surface area contributed by atoms with E-state index < -0.39 is 11.6 Å². The normalized spacial score (nSPS) is 24.5. The van der Waals surface area contributed by atoms with Crippen LogP contribution in [0.3, 0.4) is 0 Å². The molecule has 2 saturated heterocycles. The van der Waals surface area contributed by atoms with Gasteiger partial charge in [-0.25, -0.2) is 4.79 Å². The highest BCUT2D eigenvalue weighted by Crippen LogP contribution is 2.30. The van der Waals surface area contributed by atoms with E-state index in [1.54, 1.807) is 6.26 Å². The second-order valence-corrected chi connectivity index (χ2v) is 6.94. The molecule has 2 aliphatic heterocycles. The van der Waals surface area contributed by atoms with Crippen LogP contribution < -0.4 is 16.0 Å². The van der Waals surface area contributed by atoms with E-state index in [4.69, 9.17) is 9.41 Å². The molecule has 26 heavy (non-hydrogen) atoms. The van der Waals surface area contributed by atoms with Gasteiger partial charge in [-0.15, -0.1) is 0 Å². The molecule has 8 heteroatoms. The first kappa shape index (κ1) is 18.3. The molecule has 1 aromatic rings. The molecule has 2 aliphatic rings. The van der Waals surface area contributed by atoms with Crippen LogP contribution in [0.25, 0.3) is 0 Å². The van der Waals surface area contributed by atoms with Crippen molar-refractivity contribution in [1.29, 1.82) is 0 Å². The average Bonchev–Trinajstić information content (AvgIpc) is 3.23. The summed E-state index contributed by atoms with van der Waals surface area (Å²) in [7, 11) is 0. The first-order chi connectivity index (χ1) is 12.5. The number of carbonyl (C=O) groups is 2. The van der Waals surface area contributed by atoms with Crippen LogP contribution in [0.15, 0.2) is 27.8 Å². The number of hydrogen-bond donors (Lipinski definition) is 3. The zero-order valence-corrected chi connectivity index (χ0v) is 15.4. The van der Waals surface area contributed by atoms with Crippen molar-refractivity contribution in [2.24, 2.45) is 10.9 Å². The van der Waals surface area contributed by atoms with Gasteiger partial charge in [-0.05, 0) is 44.7 Å². The van der Waals surface area contributed by atoms with Crippen molar-refractivity contribution in [3.8, 4) is 0 Å². The number of carbonyl (C=O) groups excluding carboxylic acids is 2. The number of nitrogens with zero attached hydrogens (tertiary/aromatic N) is 2. The number of furan rings is 1. The van der Waals surface area contributed by atoms with Gasteiger partial charge in [-0.2, -0.15) is 0 Å². The van der Waals surface area contributed by atoms with E-state index in [0.717, 1.165) is 50.6 Å². The second kappa shape index (κ2) is 7.80. The Bertz CT molecular complexity index is 664. The van der Waals surface area contributed by atoms with Gasteiger partial charge in [0.1, 0.15) is 11.3 Å². The standard InChI is InChI=1S/C18H27N5O3/c1-3-19-16(20-9-6-14-5-4-12-26-14)23-10-7-13(8-11-23)18(2)15(24)21-17(25)22-18/h4-5,12-13H,3,6-11H2,1-2H3,(H,19,20)(H2,21,22,24,25). The first-order valence-corrected chi connectivity index (χ1v) is 9.22. The third-order valence-corrected chi connectivity index (χ3v) is 5.22. The highest BCUT2D eigenvalue weighted by Gasteiger charge is 2.48. The Kier molecular flexibility index (Phi) is 5.49. The number of rotatable bonds is 5. The van der Waals surface area contributed by atoms with E-state index >= 15 is 0 Å². The van der Waals surface area contributed by atoms with Gasteiger partial charge in [0, 0.05) is 32.6 Å².